The van der Waals surface area contributed by atoms with E-state index >= 15 is 0 Å². The molecule has 0 fully saturated rings. The van der Waals surface area contributed by atoms with E-state index in [1.807, 2.05) is 0 Å². The first-order valence-electron chi connectivity index (χ1n) is 3.06. The SMILES string of the molecule is O=C[C@H](O)[C@H](O)[C@H](O)C(O)=S(=O)=O. The quantitative estimate of drug-likeness (QED) is 0.285. The molecule has 0 aliphatic rings. The molecule has 0 saturated carbocycles. The maximum absolute atomic E-state index is 10.0. The number of aliphatic hydroxyl groups is 4. The molecule has 0 amide bonds. The Morgan fingerprint density at radius 3 is 2.00 bits per heavy atom. The van der Waals surface area contributed by atoms with Crippen molar-refractivity contribution in [3.63, 3.8) is 0 Å². The van der Waals surface area contributed by atoms with E-state index in [1.165, 1.54) is 0 Å². The zero-order chi connectivity index (χ0) is 10.6. The van der Waals surface area contributed by atoms with Gasteiger partial charge in [-0.15, -0.1) is 0 Å². The summed E-state index contributed by atoms with van der Waals surface area (Å²) in [5.74, 6) is 0. The Kier molecular flexibility index (Phi) is 4.73. The van der Waals surface area contributed by atoms with Crippen LogP contribution < -0.4 is 0 Å². The van der Waals surface area contributed by atoms with Crippen molar-refractivity contribution in [3.8, 4) is 0 Å². The lowest BCUT2D eigenvalue weighted by molar-refractivity contribution is -0.123. The minimum atomic E-state index is -3.09. The second-order valence-corrected chi connectivity index (χ2v) is 3.02. The first kappa shape index (κ1) is 12.2. The number of rotatable bonds is 4. The fraction of sp³-hybridized carbons (Fsp3) is 0.600. The Balaban J connectivity index is 4.71. The summed E-state index contributed by atoms with van der Waals surface area (Å²) in [6, 6.07) is 0. The van der Waals surface area contributed by atoms with E-state index in [1.54, 1.807) is 0 Å². The van der Waals surface area contributed by atoms with Gasteiger partial charge in [-0.1, -0.05) is 0 Å². The molecular formula is C5H8O7S. The van der Waals surface area contributed by atoms with Gasteiger partial charge in [-0.2, -0.15) is 8.42 Å². The predicted molar refractivity (Wildman–Crippen MR) is 40.6 cm³/mol. The molecule has 0 bridgehead atoms. The number of hydrogen-bond acceptors (Lipinski definition) is 6. The van der Waals surface area contributed by atoms with Gasteiger partial charge in [-0.25, -0.2) is 0 Å². The molecule has 8 heteroatoms. The average molecular weight is 212 g/mol. The molecule has 4 N–H and O–H groups in total. The first-order valence-corrected chi connectivity index (χ1v) is 4.13. The molecule has 0 unspecified atom stereocenters. The summed E-state index contributed by atoms with van der Waals surface area (Å²) >= 11 is 0. The summed E-state index contributed by atoms with van der Waals surface area (Å²) in [5, 5.41) is 33.4. The minimum Gasteiger partial charge on any atom is -0.387 e. The van der Waals surface area contributed by atoms with Gasteiger partial charge in [0.05, 0.1) is 0 Å². The molecule has 0 aliphatic heterocycles. The van der Waals surface area contributed by atoms with E-state index in [0.29, 0.717) is 0 Å². The van der Waals surface area contributed by atoms with Gasteiger partial charge in [0, 0.05) is 0 Å². The fourth-order valence-electron chi connectivity index (χ4n) is 0.512. The topological polar surface area (TPSA) is 132 Å². The van der Waals surface area contributed by atoms with Crippen LogP contribution >= 0.6 is 0 Å². The highest BCUT2D eigenvalue weighted by Gasteiger charge is 2.28. The number of carbonyl (C=O) groups excluding carboxylic acids is 1. The Labute approximate surface area is 74.4 Å². The predicted octanol–water partition coefficient (Wildman–Crippen LogP) is -3.17. The van der Waals surface area contributed by atoms with E-state index in [-0.39, 0.29) is 6.29 Å². The molecule has 0 aliphatic carbocycles. The van der Waals surface area contributed by atoms with Crippen LogP contribution in [-0.4, -0.2) is 58.5 Å². The van der Waals surface area contributed by atoms with E-state index in [9.17, 15) is 13.2 Å². The number of hydrogen-bond donors (Lipinski definition) is 4. The van der Waals surface area contributed by atoms with Crippen LogP contribution in [0.25, 0.3) is 0 Å². The summed E-state index contributed by atoms with van der Waals surface area (Å²) in [4.78, 5) is 9.88. The third-order valence-electron chi connectivity index (χ3n) is 1.24. The van der Waals surface area contributed by atoms with Crippen LogP contribution in [0.1, 0.15) is 0 Å². The summed E-state index contributed by atoms with van der Waals surface area (Å²) in [6.45, 7) is 0. The molecule has 7 nitrogen and oxygen atoms in total. The van der Waals surface area contributed by atoms with Crippen molar-refractivity contribution in [2.45, 2.75) is 18.3 Å². The molecule has 0 saturated heterocycles. The van der Waals surface area contributed by atoms with Crippen LogP contribution in [0.5, 0.6) is 0 Å². The van der Waals surface area contributed by atoms with Gasteiger partial charge < -0.3 is 25.2 Å². The zero-order valence-corrected chi connectivity index (χ0v) is 7.05. The number of aliphatic hydroxyl groups excluding tert-OH is 4. The van der Waals surface area contributed by atoms with Crippen LogP contribution in [0, 0.1) is 0 Å². The normalized spacial score (nSPS) is 17.2. The molecule has 0 aromatic rings. The number of aldehydes is 1. The summed E-state index contributed by atoms with van der Waals surface area (Å²) < 4.78 is 20.1. The maximum Gasteiger partial charge on any atom is 0.243 e. The third-order valence-corrected chi connectivity index (χ3v) is 1.82. The lowest BCUT2D eigenvalue weighted by Crippen LogP contribution is -2.43. The van der Waals surface area contributed by atoms with Gasteiger partial charge in [-0.3, -0.25) is 0 Å². The summed E-state index contributed by atoms with van der Waals surface area (Å²) in [7, 11) is -3.09. The van der Waals surface area contributed by atoms with E-state index in [0.717, 1.165) is 0 Å². The Hall–Kier alpha value is -0.800. The lowest BCUT2D eigenvalue weighted by Gasteiger charge is -2.16. The Bertz CT molecular complexity index is 297. The van der Waals surface area contributed by atoms with E-state index < -0.39 is 33.7 Å². The van der Waals surface area contributed by atoms with Gasteiger partial charge in [0.2, 0.25) is 15.3 Å². The molecule has 0 spiro atoms. The average Bonchev–Trinajstić information content (AvgIpc) is 2.12. The Morgan fingerprint density at radius 1 is 1.23 bits per heavy atom. The molecular weight excluding hydrogens is 204 g/mol. The fourth-order valence-corrected chi connectivity index (χ4v) is 0.849. The van der Waals surface area contributed by atoms with Gasteiger partial charge in [0.15, 0.2) is 6.29 Å². The second-order valence-electron chi connectivity index (χ2n) is 2.14. The first-order chi connectivity index (χ1) is 5.91. The standard InChI is InChI=1S/C5H8O7S/c6-1-2(7)3(8)4(9)5(10)13(11)12/h1-4,7-10H/t2-,3-,4-/m0/s1. The highest BCUT2D eigenvalue weighted by molar-refractivity contribution is 7.72. The molecule has 0 heterocycles. The monoisotopic (exact) mass is 212 g/mol. The van der Waals surface area contributed by atoms with Crippen molar-refractivity contribution < 1.29 is 33.6 Å². The molecule has 0 aromatic carbocycles. The van der Waals surface area contributed by atoms with Crippen molar-refractivity contribution >= 4 is 21.6 Å². The van der Waals surface area contributed by atoms with Crippen molar-refractivity contribution in [1.82, 2.24) is 0 Å². The van der Waals surface area contributed by atoms with Crippen LogP contribution in [0.4, 0.5) is 0 Å². The Morgan fingerprint density at radius 2 is 1.69 bits per heavy atom. The summed E-state index contributed by atoms with van der Waals surface area (Å²) in [6.07, 6.45) is -6.34. The lowest BCUT2D eigenvalue weighted by atomic mass is 10.1. The molecule has 76 valence electrons. The minimum absolute atomic E-state index is 0.102. The second kappa shape index (κ2) is 5.04. The van der Waals surface area contributed by atoms with Crippen LogP contribution in [0.3, 0.4) is 0 Å². The van der Waals surface area contributed by atoms with Crippen molar-refractivity contribution in [2.24, 2.45) is 0 Å². The van der Waals surface area contributed by atoms with Crippen molar-refractivity contribution in [3.05, 3.63) is 0 Å². The van der Waals surface area contributed by atoms with Gasteiger partial charge in [-0.05, 0) is 0 Å². The number of carbonyl (C=O) groups is 1. The third kappa shape index (κ3) is 3.20. The largest absolute Gasteiger partial charge is 0.387 e. The van der Waals surface area contributed by atoms with Gasteiger partial charge in [0.1, 0.15) is 18.3 Å². The molecule has 0 aromatic heterocycles. The van der Waals surface area contributed by atoms with Crippen LogP contribution in [-0.2, 0) is 15.1 Å². The summed E-state index contributed by atoms with van der Waals surface area (Å²) in [5.41, 5.74) is 0. The zero-order valence-electron chi connectivity index (χ0n) is 6.23. The van der Waals surface area contributed by atoms with Crippen LogP contribution in [0.15, 0.2) is 0 Å². The van der Waals surface area contributed by atoms with Gasteiger partial charge in [0.25, 0.3) is 0 Å². The van der Waals surface area contributed by atoms with E-state index in [4.69, 9.17) is 20.4 Å². The molecule has 3 atom stereocenters. The molecule has 13 heavy (non-hydrogen) atoms. The smallest absolute Gasteiger partial charge is 0.243 e. The van der Waals surface area contributed by atoms with Crippen molar-refractivity contribution in [1.29, 1.82) is 0 Å². The molecule has 0 rings (SSSR count). The maximum atomic E-state index is 10.0. The van der Waals surface area contributed by atoms with Crippen LogP contribution in [0.2, 0.25) is 0 Å². The molecule has 0 radical (unpaired) electrons. The van der Waals surface area contributed by atoms with Gasteiger partial charge >= 0.3 is 0 Å². The van der Waals surface area contributed by atoms with E-state index in [2.05, 4.69) is 0 Å². The van der Waals surface area contributed by atoms with Crippen molar-refractivity contribution in [2.75, 3.05) is 0 Å². The highest BCUT2D eigenvalue weighted by atomic mass is 32.2. The highest BCUT2D eigenvalue weighted by Crippen LogP contribution is 1.98.